The lowest BCUT2D eigenvalue weighted by Gasteiger charge is -2.13. The summed E-state index contributed by atoms with van der Waals surface area (Å²) in [6.07, 6.45) is 4.22. The minimum atomic E-state index is 0.536. The molecular weight excluding hydrogens is 230 g/mol. The van der Waals surface area contributed by atoms with Gasteiger partial charge in [0.25, 0.3) is 0 Å². The van der Waals surface area contributed by atoms with Gasteiger partial charge in [-0.3, -0.25) is 0 Å². The van der Waals surface area contributed by atoms with E-state index in [9.17, 15) is 0 Å². The molecule has 0 aliphatic heterocycles. The first-order valence-electron chi connectivity index (χ1n) is 6.54. The topological polar surface area (TPSA) is 26.0 Å². The first-order chi connectivity index (χ1) is 9.36. The van der Waals surface area contributed by atoms with Gasteiger partial charge < -0.3 is 5.73 Å². The van der Waals surface area contributed by atoms with Crippen LogP contribution in [-0.2, 0) is 0 Å². The van der Waals surface area contributed by atoms with Gasteiger partial charge >= 0.3 is 0 Å². The molecule has 0 radical (unpaired) electrons. The molecule has 19 heavy (non-hydrogen) atoms. The molecule has 2 aromatic carbocycles. The van der Waals surface area contributed by atoms with Crippen LogP contribution in [0.2, 0.25) is 0 Å². The van der Waals surface area contributed by atoms with Gasteiger partial charge in [0, 0.05) is 6.54 Å². The highest BCUT2D eigenvalue weighted by molar-refractivity contribution is 6.04. The Hall–Kier alpha value is -2.12. The third-order valence-electron chi connectivity index (χ3n) is 3.07. The predicted molar refractivity (Wildman–Crippen MR) is 83.6 cm³/mol. The van der Waals surface area contributed by atoms with Gasteiger partial charge in [-0.1, -0.05) is 72.8 Å². The molecule has 0 heterocycles. The van der Waals surface area contributed by atoms with E-state index in [0.717, 1.165) is 0 Å². The summed E-state index contributed by atoms with van der Waals surface area (Å²) in [5, 5.41) is 0. The van der Waals surface area contributed by atoms with Gasteiger partial charge in [-0.15, -0.1) is 0 Å². The first kappa shape index (κ1) is 13.3. The summed E-state index contributed by atoms with van der Waals surface area (Å²) in [7, 11) is 0. The largest absolute Gasteiger partial charge is 0.327 e. The van der Waals surface area contributed by atoms with E-state index in [4.69, 9.17) is 5.73 Å². The van der Waals surface area contributed by atoms with Crippen LogP contribution in [0, 0.1) is 0 Å². The number of allylic oxidation sites excluding steroid dienone is 3. The smallest absolute Gasteiger partial charge is 0.0116 e. The predicted octanol–water partition coefficient (Wildman–Crippen LogP) is 4.13. The second kappa shape index (κ2) is 6.72. The van der Waals surface area contributed by atoms with Crippen LogP contribution in [0.4, 0.5) is 0 Å². The van der Waals surface area contributed by atoms with Crippen molar-refractivity contribution in [1.29, 1.82) is 0 Å². The third kappa shape index (κ3) is 3.21. The number of hydrogen-bond acceptors (Lipinski definition) is 1. The van der Waals surface area contributed by atoms with Crippen molar-refractivity contribution in [2.45, 2.75) is 6.92 Å². The molecule has 0 atom stereocenters. The Labute approximate surface area is 115 Å². The highest BCUT2D eigenvalue weighted by Gasteiger charge is 2.08. The third-order valence-corrected chi connectivity index (χ3v) is 3.07. The first-order valence-corrected chi connectivity index (χ1v) is 6.54. The molecule has 0 unspecified atom stereocenters. The Morgan fingerprint density at radius 3 is 1.74 bits per heavy atom. The van der Waals surface area contributed by atoms with Crippen molar-refractivity contribution in [2.75, 3.05) is 6.54 Å². The zero-order chi connectivity index (χ0) is 13.5. The second-order valence-corrected chi connectivity index (χ2v) is 4.29. The van der Waals surface area contributed by atoms with Crippen molar-refractivity contribution in [2.24, 2.45) is 5.73 Å². The standard InChI is InChI=1S/C18H19N/c1-2-17(15-9-5-3-6-10-15)18(13-14-19)16-11-7-4-8-12-16/h2-13H,14,19H2,1H3/b17-2-,18-13-. The molecule has 1 nitrogen and oxygen atoms in total. The molecule has 2 N–H and O–H groups in total. The average molecular weight is 249 g/mol. The average Bonchev–Trinajstić information content (AvgIpc) is 2.49. The van der Waals surface area contributed by atoms with Gasteiger partial charge in [-0.05, 0) is 29.2 Å². The van der Waals surface area contributed by atoms with Crippen LogP contribution in [-0.4, -0.2) is 6.54 Å². The summed E-state index contributed by atoms with van der Waals surface area (Å²) in [5.74, 6) is 0. The highest BCUT2D eigenvalue weighted by Crippen LogP contribution is 2.30. The van der Waals surface area contributed by atoms with E-state index in [1.807, 2.05) is 12.1 Å². The lowest BCUT2D eigenvalue weighted by molar-refractivity contribution is 1.26. The zero-order valence-corrected chi connectivity index (χ0v) is 11.2. The van der Waals surface area contributed by atoms with E-state index in [2.05, 4.69) is 67.6 Å². The second-order valence-electron chi connectivity index (χ2n) is 4.29. The van der Waals surface area contributed by atoms with Gasteiger partial charge in [0.15, 0.2) is 0 Å². The minimum absolute atomic E-state index is 0.536. The molecule has 0 aliphatic rings. The number of hydrogen-bond donors (Lipinski definition) is 1. The Kier molecular flexibility index (Phi) is 4.71. The quantitative estimate of drug-likeness (QED) is 0.810. The van der Waals surface area contributed by atoms with Crippen molar-refractivity contribution >= 4 is 11.1 Å². The molecule has 0 spiro atoms. The fraction of sp³-hybridized carbons (Fsp3) is 0.111. The summed E-state index contributed by atoms with van der Waals surface area (Å²) in [6.45, 7) is 2.60. The minimum Gasteiger partial charge on any atom is -0.327 e. The van der Waals surface area contributed by atoms with Crippen LogP contribution in [0.25, 0.3) is 11.1 Å². The Morgan fingerprint density at radius 2 is 1.32 bits per heavy atom. The van der Waals surface area contributed by atoms with Crippen molar-refractivity contribution in [3.8, 4) is 0 Å². The van der Waals surface area contributed by atoms with E-state index in [-0.39, 0.29) is 0 Å². The van der Waals surface area contributed by atoms with E-state index in [1.54, 1.807) is 0 Å². The van der Waals surface area contributed by atoms with Crippen LogP contribution >= 0.6 is 0 Å². The maximum absolute atomic E-state index is 5.73. The molecule has 0 bridgehead atoms. The molecule has 0 saturated carbocycles. The van der Waals surface area contributed by atoms with Crippen molar-refractivity contribution in [1.82, 2.24) is 0 Å². The molecule has 0 aliphatic carbocycles. The highest BCUT2D eigenvalue weighted by atomic mass is 14.5. The number of nitrogens with two attached hydrogens (primary N) is 1. The maximum Gasteiger partial charge on any atom is 0.0116 e. The van der Waals surface area contributed by atoms with Crippen molar-refractivity contribution in [3.63, 3.8) is 0 Å². The fourth-order valence-electron chi connectivity index (χ4n) is 2.21. The van der Waals surface area contributed by atoms with Gasteiger partial charge in [0.05, 0.1) is 0 Å². The van der Waals surface area contributed by atoms with E-state index in [1.165, 1.54) is 22.3 Å². The lowest BCUT2D eigenvalue weighted by atomic mass is 9.92. The van der Waals surface area contributed by atoms with E-state index >= 15 is 0 Å². The summed E-state index contributed by atoms with van der Waals surface area (Å²) in [6, 6.07) is 20.8. The molecule has 96 valence electrons. The molecule has 2 aromatic rings. The Morgan fingerprint density at radius 1 is 0.842 bits per heavy atom. The summed E-state index contributed by atoms with van der Waals surface area (Å²) in [5.41, 5.74) is 10.6. The van der Waals surface area contributed by atoms with Crippen LogP contribution in [0.3, 0.4) is 0 Å². The maximum atomic E-state index is 5.73. The monoisotopic (exact) mass is 249 g/mol. The molecule has 0 fully saturated rings. The zero-order valence-electron chi connectivity index (χ0n) is 11.2. The number of benzene rings is 2. The SMILES string of the molecule is C/C=C(\C(=C/CN)c1ccccc1)c1ccccc1. The van der Waals surface area contributed by atoms with Crippen LogP contribution < -0.4 is 5.73 Å². The van der Waals surface area contributed by atoms with Crippen molar-refractivity contribution in [3.05, 3.63) is 83.9 Å². The molecule has 0 aromatic heterocycles. The Balaban J connectivity index is 2.48. The Bertz CT molecular complexity index is 565. The van der Waals surface area contributed by atoms with Gasteiger partial charge in [-0.2, -0.15) is 0 Å². The molecule has 2 rings (SSSR count). The molecule has 0 saturated heterocycles. The number of rotatable bonds is 4. The van der Waals surface area contributed by atoms with E-state index < -0.39 is 0 Å². The lowest BCUT2D eigenvalue weighted by Crippen LogP contribution is -1.98. The van der Waals surface area contributed by atoms with E-state index in [0.29, 0.717) is 6.54 Å². The normalized spacial score (nSPS) is 12.5. The molecular formula is C18H19N. The van der Waals surface area contributed by atoms with Crippen LogP contribution in [0.15, 0.2) is 72.8 Å². The summed E-state index contributed by atoms with van der Waals surface area (Å²) >= 11 is 0. The fourth-order valence-corrected chi connectivity index (χ4v) is 2.21. The van der Waals surface area contributed by atoms with Gasteiger partial charge in [-0.25, -0.2) is 0 Å². The molecule has 0 amide bonds. The van der Waals surface area contributed by atoms with Gasteiger partial charge in [0.2, 0.25) is 0 Å². The molecule has 1 heteroatoms. The van der Waals surface area contributed by atoms with Crippen LogP contribution in [0.1, 0.15) is 18.1 Å². The summed E-state index contributed by atoms with van der Waals surface area (Å²) < 4.78 is 0. The van der Waals surface area contributed by atoms with Gasteiger partial charge in [0.1, 0.15) is 0 Å². The van der Waals surface area contributed by atoms with Crippen molar-refractivity contribution < 1.29 is 0 Å². The van der Waals surface area contributed by atoms with Crippen LogP contribution in [0.5, 0.6) is 0 Å². The summed E-state index contributed by atoms with van der Waals surface area (Å²) in [4.78, 5) is 0.